The molecule has 0 amide bonds. The van der Waals surface area contributed by atoms with Crippen LogP contribution in [0.1, 0.15) is 11.3 Å². The van der Waals surface area contributed by atoms with Gasteiger partial charge in [0.05, 0.1) is 9.86 Å². The van der Waals surface area contributed by atoms with Crippen LogP contribution in [0.25, 0.3) is 17.0 Å². The van der Waals surface area contributed by atoms with E-state index in [4.69, 9.17) is 13.9 Å². The van der Waals surface area contributed by atoms with Crippen molar-refractivity contribution in [3.8, 4) is 17.2 Å². The van der Waals surface area contributed by atoms with Crippen LogP contribution in [0.3, 0.4) is 0 Å². The van der Waals surface area contributed by atoms with Crippen LogP contribution in [0.2, 0.25) is 0 Å². The molecule has 3 aromatic carbocycles. The summed E-state index contributed by atoms with van der Waals surface area (Å²) in [6.45, 7) is 0. The third-order valence-electron chi connectivity index (χ3n) is 4.56. The van der Waals surface area contributed by atoms with E-state index in [0.717, 1.165) is 11.6 Å². The molecule has 0 aliphatic carbocycles. The molecule has 5 nitrogen and oxygen atoms in total. The van der Waals surface area contributed by atoms with Gasteiger partial charge in [-0.2, -0.15) is 13.2 Å². The minimum atomic E-state index is -5.02. The van der Waals surface area contributed by atoms with Gasteiger partial charge in [0.1, 0.15) is 17.1 Å². The van der Waals surface area contributed by atoms with E-state index in [1.165, 1.54) is 30.4 Å². The van der Waals surface area contributed by atoms with E-state index < -0.39 is 34.7 Å². The van der Waals surface area contributed by atoms with Gasteiger partial charge in [-0.15, -0.1) is 0 Å². The van der Waals surface area contributed by atoms with E-state index in [2.05, 4.69) is 15.9 Å². The van der Waals surface area contributed by atoms with Crippen LogP contribution in [-0.4, -0.2) is 5.97 Å². The molecule has 0 atom stereocenters. The Morgan fingerprint density at radius 2 is 1.68 bits per heavy atom. The van der Waals surface area contributed by atoms with Crippen molar-refractivity contribution in [2.75, 3.05) is 0 Å². The zero-order chi connectivity index (χ0) is 24.3. The molecular weight excluding hydrogens is 517 g/mol. The van der Waals surface area contributed by atoms with E-state index in [1.54, 1.807) is 42.5 Å². The Morgan fingerprint density at radius 1 is 0.971 bits per heavy atom. The number of fused-ring (bicyclic) bond motifs is 1. The monoisotopic (exact) mass is 530 g/mol. The SMILES string of the molecule is O=C(/C=C/c1ccccc1)Oc1ccc2c(=O)c(Oc3ccccc3Br)c(C(F)(F)F)oc2c1. The number of benzene rings is 3. The zero-order valence-corrected chi connectivity index (χ0v) is 18.7. The quantitative estimate of drug-likeness (QED) is 0.158. The Morgan fingerprint density at radius 3 is 2.38 bits per heavy atom. The third kappa shape index (κ3) is 5.20. The van der Waals surface area contributed by atoms with Crippen LogP contribution >= 0.6 is 15.9 Å². The van der Waals surface area contributed by atoms with Crippen LogP contribution in [-0.2, 0) is 11.0 Å². The highest BCUT2D eigenvalue weighted by Gasteiger charge is 2.40. The largest absolute Gasteiger partial charge is 0.453 e. The van der Waals surface area contributed by atoms with Gasteiger partial charge in [-0.25, -0.2) is 4.79 Å². The third-order valence-corrected chi connectivity index (χ3v) is 5.21. The Labute approximate surface area is 199 Å². The number of alkyl halides is 3. The molecule has 0 bridgehead atoms. The number of para-hydroxylation sites is 1. The highest BCUT2D eigenvalue weighted by Crippen LogP contribution is 2.39. The summed E-state index contributed by atoms with van der Waals surface area (Å²) in [5, 5.41) is -0.172. The van der Waals surface area contributed by atoms with Gasteiger partial charge in [-0.05, 0) is 51.8 Å². The lowest BCUT2D eigenvalue weighted by atomic mass is 10.2. The van der Waals surface area contributed by atoms with Crippen molar-refractivity contribution in [1.29, 1.82) is 0 Å². The van der Waals surface area contributed by atoms with Crippen molar-refractivity contribution in [3.63, 3.8) is 0 Å². The fraction of sp³-hybridized carbons (Fsp3) is 0.0400. The van der Waals surface area contributed by atoms with Crippen LogP contribution < -0.4 is 14.9 Å². The lowest BCUT2D eigenvalue weighted by Crippen LogP contribution is -2.15. The first-order valence-corrected chi connectivity index (χ1v) is 10.6. The van der Waals surface area contributed by atoms with Crippen molar-refractivity contribution in [2.24, 2.45) is 0 Å². The molecule has 1 aromatic heterocycles. The standard InChI is InChI=1S/C25H14BrF3O5/c26-18-8-4-5-9-19(18)33-23-22(31)17-12-11-16(14-20(17)34-24(23)25(27,28)29)32-21(30)13-10-15-6-2-1-3-7-15/h1-14H/b13-10+. The van der Waals surface area contributed by atoms with Crippen molar-refractivity contribution in [2.45, 2.75) is 6.18 Å². The maximum absolute atomic E-state index is 13.7. The number of rotatable bonds is 5. The molecule has 1 heterocycles. The minimum Gasteiger partial charge on any atom is -0.448 e. The van der Waals surface area contributed by atoms with Crippen molar-refractivity contribution in [3.05, 3.63) is 105 Å². The molecule has 0 fully saturated rings. The molecule has 0 radical (unpaired) electrons. The number of halogens is 4. The molecular formula is C25H14BrF3O5. The molecule has 4 aromatic rings. The fourth-order valence-electron chi connectivity index (χ4n) is 3.02. The van der Waals surface area contributed by atoms with Crippen molar-refractivity contribution in [1.82, 2.24) is 0 Å². The van der Waals surface area contributed by atoms with Gasteiger partial charge in [0.15, 0.2) is 0 Å². The van der Waals surface area contributed by atoms with E-state index in [0.29, 0.717) is 4.47 Å². The summed E-state index contributed by atoms with van der Waals surface area (Å²) in [4.78, 5) is 25.0. The molecule has 9 heteroatoms. The van der Waals surface area contributed by atoms with Gasteiger partial charge < -0.3 is 13.9 Å². The van der Waals surface area contributed by atoms with Gasteiger partial charge in [0.2, 0.25) is 11.2 Å². The smallest absolute Gasteiger partial charge is 0.448 e. The summed E-state index contributed by atoms with van der Waals surface area (Å²) < 4.78 is 57.0. The number of carbonyl (C=O) groups excluding carboxylic acids is 1. The first kappa shape index (κ1) is 23.3. The second-order valence-electron chi connectivity index (χ2n) is 6.94. The summed E-state index contributed by atoms with van der Waals surface area (Å²) in [6, 6.07) is 18.6. The summed E-state index contributed by atoms with van der Waals surface area (Å²) in [5.41, 5.74) is -0.670. The Balaban J connectivity index is 1.69. The molecule has 0 aliphatic heterocycles. The Kier molecular flexibility index (Phi) is 6.56. The van der Waals surface area contributed by atoms with E-state index in [1.807, 2.05) is 6.07 Å². The van der Waals surface area contributed by atoms with Crippen molar-refractivity contribution < 1.29 is 31.9 Å². The molecule has 0 saturated carbocycles. The van der Waals surface area contributed by atoms with Crippen molar-refractivity contribution >= 4 is 38.9 Å². The van der Waals surface area contributed by atoms with Gasteiger partial charge in [-0.3, -0.25) is 4.79 Å². The lowest BCUT2D eigenvalue weighted by molar-refractivity contribution is -0.154. The number of ether oxygens (including phenoxy) is 2. The van der Waals surface area contributed by atoms with Crippen LogP contribution in [0.5, 0.6) is 17.2 Å². The van der Waals surface area contributed by atoms with Crippen LogP contribution in [0, 0.1) is 0 Å². The van der Waals surface area contributed by atoms with Crippen LogP contribution in [0.4, 0.5) is 13.2 Å². The normalized spacial score (nSPS) is 11.6. The summed E-state index contributed by atoms with van der Waals surface area (Å²) in [7, 11) is 0. The number of esters is 1. The van der Waals surface area contributed by atoms with Gasteiger partial charge in [0, 0.05) is 12.1 Å². The first-order chi connectivity index (χ1) is 16.2. The minimum absolute atomic E-state index is 0.00963. The average molecular weight is 531 g/mol. The molecule has 0 spiro atoms. The predicted octanol–water partition coefficient (Wildman–Crippen LogP) is 6.99. The Hall–Kier alpha value is -3.85. The second-order valence-corrected chi connectivity index (χ2v) is 7.80. The summed E-state index contributed by atoms with van der Waals surface area (Å²) in [6.07, 6.45) is -2.32. The molecule has 0 N–H and O–H groups in total. The van der Waals surface area contributed by atoms with E-state index in [9.17, 15) is 22.8 Å². The number of carbonyl (C=O) groups is 1. The van der Waals surface area contributed by atoms with E-state index >= 15 is 0 Å². The van der Waals surface area contributed by atoms with Crippen LogP contribution in [0.15, 0.2) is 92.6 Å². The molecule has 0 aliphatic rings. The molecule has 4 rings (SSSR count). The Bertz CT molecular complexity index is 1440. The molecule has 0 saturated heterocycles. The van der Waals surface area contributed by atoms with E-state index in [-0.39, 0.29) is 16.9 Å². The predicted molar refractivity (Wildman–Crippen MR) is 123 cm³/mol. The fourth-order valence-corrected chi connectivity index (χ4v) is 3.38. The summed E-state index contributed by atoms with van der Waals surface area (Å²) in [5.74, 6) is -3.44. The maximum atomic E-state index is 13.7. The maximum Gasteiger partial charge on any atom is 0.453 e. The highest BCUT2D eigenvalue weighted by atomic mass is 79.9. The summed E-state index contributed by atoms with van der Waals surface area (Å²) >= 11 is 3.17. The molecule has 172 valence electrons. The first-order valence-electron chi connectivity index (χ1n) is 9.78. The average Bonchev–Trinajstić information content (AvgIpc) is 2.80. The highest BCUT2D eigenvalue weighted by molar-refractivity contribution is 9.10. The van der Waals surface area contributed by atoms with Gasteiger partial charge >= 0.3 is 12.1 Å². The number of hydrogen-bond acceptors (Lipinski definition) is 5. The number of hydrogen-bond donors (Lipinski definition) is 0. The molecule has 34 heavy (non-hydrogen) atoms. The molecule has 0 unspecified atom stereocenters. The van der Waals surface area contributed by atoms with Gasteiger partial charge in [-0.1, -0.05) is 42.5 Å². The van der Waals surface area contributed by atoms with Gasteiger partial charge in [0.25, 0.3) is 5.76 Å². The second kappa shape index (κ2) is 9.56. The topological polar surface area (TPSA) is 65.7 Å². The lowest BCUT2D eigenvalue weighted by Gasteiger charge is -2.14. The zero-order valence-electron chi connectivity index (χ0n) is 17.1.